The summed E-state index contributed by atoms with van der Waals surface area (Å²) < 4.78 is 14.7. The van der Waals surface area contributed by atoms with E-state index in [-0.39, 0.29) is 12.4 Å². The van der Waals surface area contributed by atoms with E-state index < -0.39 is 35.3 Å². The van der Waals surface area contributed by atoms with Crippen LogP contribution in [-0.4, -0.2) is 36.0 Å². The molecule has 0 spiro atoms. The molecule has 0 saturated heterocycles. The Morgan fingerprint density at radius 1 is 1.30 bits per heavy atom. The maximum atomic E-state index is 12.5. The van der Waals surface area contributed by atoms with Crippen LogP contribution in [0.3, 0.4) is 0 Å². The van der Waals surface area contributed by atoms with Crippen LogP contribution in [0.15, 0.2) is 16.5 Å². The van der Waals surface area contributed by atoms with Gasteiger partial charge in [0.25, 0.3) is 5.91 Å². The number of nitrogens with one attached hydrogen (secondary N) is 1. The van der Waals surface area contributed by atoms with Gasteiger partial charge in [0.15, 0.2) is 6.61 Å². The van der Waals surface area contributed by atoms with Gasteiger partial charge in [0.05, 0.1) is 18.2 Å². The van der Waals surface area contributed by atoms with E-state index in [0.717, 1.165) is 41.8 Å². The molecule has 0 radical (unpaired) electrons. The van der Waals surface area contributed by atoms with Crippen molar-refractivity contribution in [2.45, 2.75) is 33.1 Å². The molecule has 1 amide bonds. The largest absolute Gasteiger partial charge is 0.462 e. The number of nitro groups is 1. The standard InChI is InChI=1S/C19H20N2O8S/c1-3-27-19(24)16-11-5-4-10(2)8-13(11)30-17(16)20-14(22)9-28-18(23)12-6-7-15(29-12)21(25)26/h6-7,10H,3-5,8-9H2,1-2H3,(H,20,22). The van der Waals surface area contributed by atoms with Crippen molar-refractivity contribution in [3.63, 3.8) is 0 Å². The lowest BCUT2D eigenvalue weighted by Gasteiger charge is -2.18. The van der Waals surface area contributed by atoms with Crippen molar-refractivity contribution in [2.75, 3.05) is 18.5 Å². The van der Waals surface area contributed by atoms with Crippen LogP contribution >= 0.6 is 11.3 Å². The predicted octanol–water partition coefficient (Wildman–Crippen LogP) is 3.35. The van der Waals surface area contributed by atoms with Gasteiger partial charge in [0.2, 0.25) is 5.76 Å². The summed E-state index contributed by atoms with van der Waals surface area (Å²) in [5.74, 6) is -2.68. The summed E-state index contributed by atoms with van der Waals surface area (Å²) >= 11 is 1.32. The molecule has 0 saturated carbocycles. The number of nitrogens with zero attached hydrogens (tertiary/aromatic N) is 1. The Hall–Kier alpha value is -3.21. The molecule has 1 atom stereocenters. The Labute approximate surface area is 175 Å². The van der Waals surface area contributed by atoms with Crippen LogP contribution < -0.4 is 5.32 Å². The van der Waals surface area contributed by atoms with E-state index in [0.29, 0.717) is 16.5 Å². The number of hydrogen-bond acceptors (Lipinski definition) is 9. The molecule has 0 bridgehead atoms. The van der Waals surface area contributed by atoms with Crippen molar-refractivity contribution in [2.24, 2.45) is 5.92 Å². The van der Waals surface area contributed by atoms with Crippen LogP contribution in [0.2, 0.25) is 0 Å². The topological polar surface area (TPSA) is 138 Å². The average Bonchev–Trinajstić information content (AvgIpc) is 3.31. The number of anilines is 1. The zero-order chi connectivity index (χ0) is 21.8. The van der Waals surface area contributed by atoms with Crippen LogP contribution in [0.5, 0.6) is 0 Å². The van der Waals surface area contributed by atoms with Crippen molar-refractivity contribution in [1.29, 1.82) is 0 Å². The summed E-state index contributed by atoms with van der Waals surface area (Å²) in [7, 11) is 0. The van der Waals surface area contributed by atoms with Crippen LogP contribution in [-0.2, 0) is 27.1 Å². The molecule has 0 aromatic carbocycles. The van der Waals surface area contributed by atoms with E-state index in [4.69, 9.17) is 13.9 Å². The summed E-state index contributed by atoms with van der Waals surface area (Å²) in [6, 6.07) is 2.10. The molecule has 2 aromatic heterocycles. The smallest absolute Gasteiger partial charge is 0.433 e. The second kappa shape index (κ2) is 9.08. The molecule has 1 aliphatic rings. The van der Waals surface area contributed by atoms with Crippen LogP contribution in [0.25, 0.3) is 0 Å². The fourth-order valence-electron chi connectivity index (χ4n) is 3.16. The molecule has 3 rings (SSSR count). The van der Waals surface area contributed by atoms with E-state index in [2.05, 4.69) is 12.2 Å². The molecule has 1 unspecified atom stereocenters. The lowest BCUT2D eigenvalue weighted by molar-refractivity contribution is -0.402. The minimum atomic E-state index is -1.01. The van der Waals surface area contributed by atoms with Gasteiger partial charge in [-0.3, -0.25) is 14.9 Å². The molecular weight excluding hydrogens is 416 g/mol. The number of hydrogen-bond donors (Lipinski definition) is 1. The summed E-state index contributed by atoms with van der Waals surface area (Å²) in [5, 5.41) is 13.6. The second-order valence-electron chi connectivity index (χ2n) is 6.80. The highest BCUT2D eigenvalue weighted by molar-refractivity contribution is 7.17. The first-order valence-corrected chi connectivity index (χ1v) is 10.1. The van der Waals surface area contributed by atoms with Gasteiger partial charge >= 0.3 is 17.8 Å². The molecular formula is C19H20N2O8S. The molecule has 2 heterocycles. The molecule has 0 fully saturated rings. The van der Waals surface area contributed by atoms with Crippen molar-refractivity contribution in [3.05, 3.63) is 44.0 Å². The highest BCUT2D eigenvalue weighted by Gasteiger charge is 2.29. The number of fused-ring (bicyclic) bond motifs is 1. The van der Waals surface area contributed by atoms with E-state index >= 15 is 0 Å². The van der Waals surface area contributed by atoms with E-state index in [1.165, 1.54) is 11.3 Å². The number of rotatable bonds is 7. The van der Waals surface area contributed by atoms with Crippen LogP contribution in [0, 0.1) is 16.0 Å². The Balaban J connectivity index is 1.69. The summed E-state index contributed by atoms with van der Waals surface area (Å²) in [5.41, 5.74) is 1.25. The van der Waals surface area contributed by atoms with Gasteiger partial charge in [0, 0.05) is 4.88 Å². The van der Waals surface area contributed by atoms with Gasteiger partial charge in [-0.15, -0.1) is 11.3 Å². The third kappa shape index (κ3) is 4.67. The van der Waals surface area contributed by atoms with Crippen molar-refractivity contribution >= 4 is 40.1 Å². The zero-order valence-electron chi connectivity index (χ0n) is 16.4. The number of furan rings is 1. The molecule has 11 heteroatoms. The minimum absolute atomic E-state index is 0.208. The molecule has 30 heavy (non-hydrogen) atoms. The first kappa shape index (κ1) is 21.5. The number of ether oxygens (including phenoxy) is 2. The fraction of sp³-hybridized carbons (Fsp3) is 0.421. The van der Waals surface area contributed by atoms with Gasteiger partial charge in [-0.1, -0.05) is 6.92 Å². The third-order valence-electron chi connectivity index (χ3n) is 4.55. The first-order valence-electron chi connectivity index (χ1n) is 9.33. The van der Waals surface area contributed by atoms with Gasteiger partial charge in [0.1, 0.15) is 9.92 Å². The Morgan fingerprint density at radius 2 is 2.07 bits per heavy atom. The third-order valence-corrected chi connectivity index (χ3v) is 5.72. The monoisotopic (exact) mass is 436 g/mol. The normalized spacial score (nSPS) is 15.2. The highest BCUT2D eigenvalue weighted by atomic mass is 32.1. The van der Waals surface area contributed by atoms with E-state index in [9.17, 15) is 24.5 Å². The number of carbonyl (C=O) groups is 3. The Kier molecular flexibility index (Phi) is 6.50. The van der Waals surface area contributed by atoms with E-state index in [1.807, 2.05) is 0 Å². The molecule has 0 aliphatic heterocycles. The number of thiophene rings is 1. The van der Waals surface area contributed by atoms with Gasteiger partial charge < -0.3 is 19.2 Å². The van der Waals surface area contributed by atoms with Crippen LogP contribution in [0.1, 0.15) is 51.6 Å². The lowest BCUT2D eigenvalue weighted by Crippen LogP contribution is -2.22. The fourth-order valence-corrected chi connectivity index (χ4v) is 4.57. The summed E-state index contributed by atoms with van der Waals surface area (Å²) in [6.07, 6.45) is 2.48. The minimum Gasteiger partial charge on any atom is -0.462 e. The maximum Gasteiger partial charge on any atom is 0.433 e. The van der Waals surface area contributed by atoms with Crippen molar-refractivity contribution in [1.82, 2.24) is 0 Å². The van der Waals surface area contributed by atoms with Crippen LogP contribution in [0.4, 0.5) is 10.9 Å². The molecule has 10 nitrogen and oxygen atoms in total. The molecule has 2 aromatic rings. The Morgan fingerprint density at radius 3 is 2.73 bits per heavy atom. The molecule has 1 aliphatic carbocycles. The molecule has 1 N–H and O–H groups in total. The summed E-state index contributed by atoms with van der Waals surface area (Å²) in [4.78, 5) is 47.5. The number of esters is 2. The average molecular weight is 436 g/mol. The second-order valence-corrected chi connectivity index (χ2v) is 7.90. The Bertz CT molecular complexity index is 993. The number of carbonyl (C=O) groups excluding carboxylic acids is 3. The van der Waals surface area contributed by atoms with Gasteiger partial charge in [-0.25, -0.2) is 9.59 Å². The quantitative estimate of drug-likeness (QED) is 0.396. The van der Waals surface area contributed by atoms with E-state index in [1.54, 1.807) is 6.92 Å². The predicted molar refractivity (Wildman–Crippen MR) is 106 cm³/mol. The van der Waals surface area contributed by atoms with Gasteiger partial charge in [-0.2, -0.15) is 0 Å². The molecule has 160 valence electrons. The van der Waals surface area contributed by atoms with Crippen molar-refractivity contribution < 1.29 is 33.2 Å². The number of amides is 1. The highest BCUT2D eigenvalue weighted by Crippen LogP contribution is 2.40. The van der Waals surface area contributed by atoms with Gasteiger partial charge in [-0.05, 0) is 43.7 Å². The first-order chi connectivity index (χ1) is 14.3. The zero-order valence-corrected chi connectivity index (χ0v) is 17.2. The lowest BCUT2D eigenvalue weighted by atomic mass is 9.88. The van der Waals surface area contributed by atoms with Crippen molar-refractivity contribution in [3.8, 4) is 0 Å². The summed E-state index contributed by atoms with van der Waals surface area (Å²) in [6.45, 7) is 3.40. The maximum absolute atomic E-state index is 12.5. The SMILES string of the molecule is CCOC(=O)c1c(NC(=O)COC(=O)c2ccc([N+](=O)[O-])o2)sc2c1CCC(C)C2.